The Morgan fingerprint density at radius 1 is 1.21 bits per heavy atom. The summed E-state index contributed by atoms with van der Waals surface area (Å²) in [6.07, 6.45) is 0. The summed E-state index contributed by atoms with van der Waals surface area (Å²) in [4.78, 5) is 25.2. The lowest BCUT2D eigenvalue weighted by Gasteiger charge is -2.21. The summed E-state index contributed by atoms with van der Waals surface area (Å²) < 4.78 is 5.13. The zero-order valence-corrected chi connectivity index (χ0v) is 14.1. The highest BCUT2D eigenvalue weighted by Crippen LogP contribution is 2.72. The van der Waals surface area contributed by atoms with E-state index < -0.39 is 5.41 Å². The van der Waals surface area contributed by atoms with Gasteiger partial charge in [0.15, 0.2) is 5.41 Å². The van der Waals surface area contributed by atoms with Gasteiger partial charge < -0.3 is 10.1 Å². The molecule has 1 aliphatic carbocycles. The van der Waals surface area contributed by atoms with Crippen LogP contribution in [0.4, 0.5) is 0 Å². The van der Waals surface area contributed by atoms with E-state index in [1.807, 2.05) is 45.0 Å². The molecule has 1 heterocycles. The van der Waals surface area contributed by atoms with E-state index in [4.69, 9.17) is 4.74 Å². The van der Waals surface area contributed by atoms with Gasteiger partial charge >= 0.3 is 5.97 Å². The third kappa shape index (κ3) is 1.74. The fourth-order valence-corrected chi connectivity index (χ4v) is 4.44. The summed E-state index contributed by atoms with van der Waals surface area (Å²) in [6, 6.07) is 14.0. The molecule has 0 spiro atoms. The molecule has 0 bridgehead atoms. The summed E-state index contributed by atoms with van der Waals surface area (Å²) in [5, 5.41) is 5.31. The third-order valence-electron chi connectivity index (χ3n) is 6.03. The van der Waals surface area contributed by atoms with E-state index in [0.717, 1.165) is 16.3 Å². The molecule has 4 nitrogen and oxygen atoms in total. The van der Waals surface area contributed by atoms with Crippen molar-refractivity contribution in [3.63, 3.8) is 0 Å². The predicted molar refractivity (Wildman–Crippen MR) is 91.2 cm³/mol. The van der Waals surface area contributed by atoms with Crippen LogP contribution in [0.25, 0.3) is 10.8 Å². The van der Waals surface area contributed by atoms with Gasteiger partial charge in [0.2, 0.25) is 5.91 Å². The van der Waals surface area contributed by atoms with Crippen LogP contribution < -0.4 is 5.32 Å². The molecule has 0 aromatic heterocycles. The quantitative estimate of drug-likeness (QED) is 0.697. The minimum absolute atomic E-state index is 0.0165. The second kappa shape index (κ2) is 4.82. The Hall–Kier alpha value is -2.36. The number of nitrogens with one attached hydrogen (secondary N) is 1. The van der Waals surface area contributed by atoms with Crippen molar-refractivity contribution in [2.24, 2.45) is 16.7 Å². The number of ether oxygens (including phenoxy) is 1. The molecule has 24 heavy (non-hydrogen) atoms. The number of benzene rings is 2. The molecule has 1 saturated heterocycles. The largest absolute Gasteiger partial charge is 0.464 e. The van der Waals surface area contributed by atoms with Crippen LogP contribution >= 0.6 is 0 Å². The molecular formula is C20H21NO3. The van der Waals surface area contributed by atoms with Crippen molar-refractivity contribution in [1.82, 2.24) is 5.32 Å². The Balaban J connectivity index is 1.64. The Labute approximate surface area is 141 Å². The van der Waals surface area contributed by atoms with E-state index in [1.54, 1.807) is 0 Å². The summed E-state index contributed by atoms with van der Waals surface area (Å²) in [5.74, 6) is -0.599. The molecule has 0 unspecified atom stereocenters. The monoisotopic (exact) mass is 323 g/mol. The van der Waals surface area contributed by atoms with Crippen molar-refractivity contribution in [1.29, 1.82) is 0 Å². The highest BCUT2D eigenvalue weighted by Gasteiger charge is 2.84. The van der Waals surface area contributed by atoms with Gasteiger partial charge in [0, 0.05) is 5.92 Å². The highest BCUT2D eigenvalue weighted by molar-refractivity contribution is 6.09. The molecule has 1 aliphatic heterocycles. The van der Waals surface area contributed by atoms with Gasteiger partial charge in [-0.25, -0.2) is 0 Å². The maximum absolute atomic E-state index is 12.9. The standard InChI is InChI=1S/C20H21NO3/c1-12(14-10-6-8-13-7-4-5-9-15(13)14)21-17(22)20-16(19(20,2)3)11-24-18(20)23/h4-10,12,16H,11H2,1-3H3,(H,21,22)/t12-,16-,20-/m1/s1. The molecule has 4 heteroatoms. The molecule has 2 aliphatic rings. The zero-order valence-electron chi connectivity index (χ0n) is 14.1. The van der Waals surface area contributed by atoms with Crippen molar-refractivity contribution in [2.45, 2.75) is 26.8 Å². The summed E-state index contributed by atoms with van der Waals surface area (Å²) >= 11 is 0. The van der Waals surface area contributed by atoms with Crippen LogP contribution in [0.5, 0.6) is 0 Å². The lowest BCUT2D eigenvalue weighted by Crippen LogP contribution is -2.40. The number of carbonyl (C=O) groups excluding carboxylic acids is 2. The SMILES string of the molecule is C[C@@H](NC(=O)[C@@]12C(=O)OC[C@@H]1C2(C)C)c1cccc2ccccc12. The van der Waals surface area contributed by atoms with Gasteiger partial charge in [0.05, 0.1) is 12.6 Å². The van der Waals surface area contributed by atoms with Crippen molar-refractivity contribution in [2.75, 3.05) is 6.61 Å². The van der Waals surface area contributed by atoms with E-state index in [-0.39, 0.29) is 29.3 Å². The minimum atomic E-state index is -1.01. The van der Waals surface area contributed by atoms with Crippen molar-refractivity contribution in [3.8, 4) is 0 Å². The number of amides is 1. The highest BCUT2D eigenvalue weighted by atomic mass is 16.5. The first kappa shape index (κ1) is 15.2. The molecular weight excluding hydrogens is 302 g/mol. The fraction of sp³-hybridized carbons (Fsp3) is 0.400. The Bertz CT molecular complexity index is 852. The number of cyclic esters (lactones) is 1. The molecule has 0 radical (unpaired) electrons. The van der Waals surface area contributed by atoms with Crippen molar-refractivity contribution < 1.29 is 14.3 Å². The van der Waals surface area contributed by atoms with E-state index in [0.29, 0.717) is 6.61 Å². The number of carbonyl (C=O) groups is 2. The van der Waals surface area contributed by atoms with E-state index in [1.165, 1.54) is 0 Å². The van der Waals surface area contributed by atoms with Crippen LogP contribution in [0.1, 0.15) is 32.4 Å². The second-order valence-corrected chi connectivity index (χ2v) is 7.44. The summed E-state index contributed by atoms with van der Waals surface area (Å²) in [7, 11) is 0. The normalized spacial score (nSPS) is 28.1. The van der Waals surface area contributed by atoms with Gasteiger partial charge in [0.1, 0.15) is 0 Å². The summed E-state index contributed by atoms with van der Waals surface area (Å²) in [6.45, 7) is 6.25. The van der Waals surface area contributed by atoms with Crippen LogP contribution in [-0.2, 0) is 14.3 Å². The predicted octanol–water partition coefficient (Wildman–Crippen LogP) is 3.22. The number of rotatable bonds is 3. The number of hydrogen-bond acceptors (Lipinski definition) is 3. The van der Waals surface area contributed by atoms with Crippen LogP contribution in [0.3, 0.4) is 0 Å². The first-order chi connectivity index (χ1) is 11.4. The molecule has 2 fully saturated rings. The number of esters is 1. The molecule has 2 aromatic rings. The lowest BCUT2D eigenvalue weighted by molar-refractivity contribution is -0.152. The minimum Gasteiger partial charge on any atom is -0.464 e. The molecule has 2 aromatic carbocycles. The van der Waals surface area contributed by atoms with Gasteiger partial charge in [-0.2, -0.15) is 0 Å². The molecule has 1 N–H and O–H groups in total. The van der Waals surface area contributed by atoms with Gasteiger partial charge in [-0.3, -0.25) is 9.59 Å². The summed E-state index contributed by atoms with van der Waals surface area (Å²) in [5.41, 5.74) is -0.282. The molecule has 1 amide bonds. The molecule has 124 valence electrons. The van der Waals surface area contributed by atoms with Crippen molar-refractivity contribution in [3.05, 3.63) is 48.0 Å². The average molecular weight is 323 g/mol. The molecule has 4 rings (SSSR count). The van der Waals surface area contributed by atoms with Gasteiger partial charge in [-0.15, -0.1) is 0 Å². The first-order valence-electron chi connectivity index (χ1n) is 8.36. The van der Waals surface area contributed by atoms with E-state index in [2.05, 4.69) is 23.5 Å². The Kier molecular flexibility index (Phi) is 3.05. The third-order valence-corrected chi connectivity index (χ3v) is 6.03. The first-order valence-corrected chi connectivity index (χ1v) is 8.36. The van der Waals surface area contributed by atoms with Gasteiger partial charge in [-0.05, 0) is 28.7 Å². The van der Waals surface area contributed by atoms with E-state index in [9.17, 15) is 9.59 Å². The van der Waals surface area contributed by atoms with Gasteiger partial charge in [0.25, 0.3) is 0 Å². The van der Waals surface area contributed by atoms with E-state index >= 15 is 0 Å². The van der Waals surface area contributed by atoms with Crippen molar-refractivity contribution >= 4 is 22.6 Å². The van der Waals surface area contributed by atoms with Crippen LogP contribution in [0.2, 0.25) is 0 Å². The van der Waals surface area contributed by atoms with Crippen LogP contribution in [0, 0.1) is 16.7 Å². The lowest BCUT2D eigenvalue weighted by atomic mass is 9.93. The Morgan fingerprint density at radius 2 is 1.92 bits per heavy atom. The fourth-order valence-electron chi connectivity index (χ4n) is 4.44. The smallest absolute Gasteiger partial charge is 0.322 e. The van der Waals surface area contributed by atoms with Crippen LogP contribution in [-0.4, -0.2) is 18.5 Å². The number of hydrogen-bond donors (Lipinski definition) is 1. The van der Waals surface area contributed by atoms with Crippen LogP contribution in [0.15, 0.2) is 42.5 Å². The maximum atomic E-state index is 12.9. The maximum Gasteiger partial charge on any atom is 0.322 e. The van der Waals surface area contributed by atoms with Gasteiger partial charge in [-0.1, -0.05) is 56.3 Å². The topological polar surface area (TPSA) is 55.4 Å². The second-order valence-electron chi connectivity index (χ2n) is 7.44. The molecule has 3 atom stereocenters. The average Bonchev–Trinajstić information content (AvgIpc) is 2.85. The number of fused-ring (bicyclic) bond motifs is 2. The molecule has 1 saturated carbocycles. The zero-order chi connectivity index (χ0) is 17.1. The Morgan fingerprint density at radius 3 is 2.62 bits per heavy atom.